The Balaban J connectivity index is 2.53. The maximum absolute atomic E-state index is 9.66. The Hall–Kier alpha value is -1.51. The average Bonchev–Trinajstić information content (AvgIpc) is 2.27. The van der Waals surface area contributed by atoms with Gasteiger partial charge in [0.15, 0.2) is 11.5 Å². The summed E-state index contributed by atoms with van der Waals surface area (Å²) in [5, 5.41) is 9.66. The normalized spacial score (nSPS) is 14.4. The molecule has 2 rings (SSSR count). The van der Waals surface area contributed by atoms with E-state index in [1.807, 2.05) is 6.07 Å². The van der Waals surface area contributed by atoms with Gasteiger partial charge in [-0.2, -0.15) is 0 Å². The van der Waals surface area contributed by atoms with Gasteiger partial charge in [0.05, 0.1) is 7.11 Å². The molecule has 0 bridgehead atoms. The van der Waals surface area contributed by atoms with Gasteiger partial charge in [0.2, 0.25) is 0 Å². The predicted molar refractivity (Wildman–Crippen MR) is 60.1 cm³/mol. The van der Waals surface area contributed by atoms with Crippen LogP contribution < -0.4 is 4.74 Å². The summed E-state index contributed by atoms with van der Waals surface area (Å²) in [5.41, 5.74) is 3.40. The molecule has 0 unspecified atom stereocenters. The minimum Gasteiger partial charge on any atom is -0.504 e. The van der Waals surface area contributed by atoms with E-state index in [1.54, 1.807) is 13.2 Å². The molecule has 0 aliphatic carbocycles. The van der Waals surface area contributed by atoms with Crippen LogP contribution >= 0.6 is 0 Å². The van der Waals surface area contributed by atoms with Crippen LogP contribution in [0.4, 0.5) is 0 Å². The minimum atomic E-state index is 0.216. The number of nitrogens with zero attached hydrogens (tertiary/aromatic N) is 1. The van der Waals surface area contributed by atoms with Crippen LogP contribution in [0.25, 0.3) is 0 Å². The molecule has 1 aromatic carbocycles. The molecule has 0 amide bonds. The Labute approximate surface area is 89.4 Å². The first-order valence-electron chi connectivity index (χ1n) is 5.19. The van der Waals surface area contributed by atoms with E-state index in [0.29, 0.717) is 5.75 Å². The van der Waals surface area contributed by atoms with Crippen LogP contribution in [0.15, 0.2) is 17.1 Å². The fourth-order valence-electron chi connectivity index (χ4n) is 1.95. The van der Waals surface area contributed by atoms with E-state index in [2.05, 4.69) is 11.9 Å². The van der Waals surface area contributed by atoms with E-state index in [0.717, 1.165) is 30.7 Å². The zero-order valence-corrected chi connectivity index (χ0v) is 9.08. The SMILES string of the molecule is CCC1=NCCc2cc(O)c(OC)cc21. The summed E-state index contributed by atoms with van der Waals surface area (Å²) in [6.07, 6.45) is 1.82. The van der Waals surface area contributed by atoms with Gasteiger partial charge in [-0.3, -0.25) is 4.99 Å². The highest BCUT2D eigenvalue weighted by atomic mass is 16.5. The molecule has 0 fully saturated rings. The standard InChI is InChI=1S/C12H15NO2/c1-3-10-9-7-12(15-2)11(14)6-8(9)4-5-13-10/h6-7,14H,3-5H2,1-2H3. The van der Waals surface area contributed by atoms with Gasteiger partial charge in [-0.15, -0.1) is 0 Å². The van der Waals surface area contributed by atoms with Crippen molar-refractivity contribution in [2.75, 3.05) is 13.7 Å². The highest BCUT2D eigenvalue weighted by Crippen LogP contribution is 2.31. The minimum absolute atomic E-state index is 0.216. The Morgan fingerprint density at radius 3 is 2.93 bits per heavy atom. The van der Waals surface area contributed by atoms with Crippen molar-refractivity contribution in [1.82, 2.24) is 0 Å². The highest BCUT2D eigenvalue weighted by Gasteiger charge is 2.16. The molecule has 0 saturated heterocycles. The average molecular weight is 205 g/mol. The quantitative estimate of drug-likeness (QED) is 0.803. The van der Waals surface area contributed by atoms with Gasteiger partial charge in [-0.1, -0.05) is 6.92 Å². The molecule has 0 saturated carbocycles. The van der Waals surface area contributed by atoms with Crippen LogP contribution in [-0.2, 0) is 6.42 Å². The number of phenols is 1. The third-order valence-electron chi connectivity index (χ3n) is 2.73. The van der Waals surface area contributed by atoms with E-state index in [1.165, 1.54) is 5.56 Å². The van der Waals surface area contributed by atoms with Gasteiger partial charge >= 0.3 is 0 Å². The molecular weight excluding hydrogens is 190 g/mol. The summed E-state index contributed by atoms with van der Waals surface area (Å²) >= 11 is 0. The van der Waals surface area contributed by atoms with Crippen molar-refractivity contribution in [3.63, 3.8) is 0 Å². The van der Waals surface area contributed by atoms with E-state index in [-0.39, 0.29) is 5.75 Å². The summed E-state index contributed by atoms with van der Waals surface area (Å²) in [7, 11) is 1.56. The summed E-state index contributed by atoms with van der Waals surface area (Å²) in [4.78, 5) is 4.47. The largest absolute Gasteiger partial charge is 0.504 e. The van der Waals surface area contributed by atoms with Crippen molar-refractivity contribution in [3.05, 3.63) is 23.3 Å². The molecule has 1 N–H and O–H groups in total. The molecular formula is C12H15NO2. The first-order valence-corrected chi connectivity index (χ1v) is 5.19. The first kappa shape index (κ1) is 10.0. The number of phenolic OH excluding ortho intramolecular Hbond substituents is 1. The Kier molecular flexibility index (Phi) is 2.62. The van der Waals surface area contributed by atoms with Crippen LogP contribution in [0.2, 0.25) is 0 Å². The molecule has 0 radical (unpaired) electrons. The summed E-state index contributed by atoms with van der Waals surface area (Å²) in [6, 6.07) is 3.67. The molecule has 0 spiro atoms. The molecule has 80 valence electrons. The number of hydrogen-bond acceptors (Lipinski definition) is 3. The number of hydrogen-bond donors (Lipinski definition) is 1. The lowest BCUT2D eigenvalue weighted by Crippen LogP contribution is -2.12. The van der Waals surface area contributed by atoms with Crippen molar-refractivity contribution < 1.29 is 9.84 Å². The molecule has 3 nitrogen and oxygen atoms in total. The van der Waals surface area contributed by atoms with Crippen molar-refractivity contribution in [1.29, 1.82) is 0 Å². The highest BCUT2D eigenvalue weighted by molar-refractivity contribution is 6.03. The first-order chi connectivity index (χ1) is 7.26. The third-order valence-corrected chi connectivity index (χ3v) is 2.73. The molecule has 1 heterocycles. The number of methoxy groups -OCH3 is 1. The second-order valence-electron chi connectivity index (χ2n) is 3.61. The maximum Gasteiger partial charge on any atom is 0.161 e. The molecule has 1 aliphatic heterocycles. The van der Waals surface area contributed by atoms with E-state index < -0.39 is 0 Å². The van der Waals surface area contributed by atoms with Crippen molar-refractivity contribution >= 4 is 5.71 Å². The number of aliphatic imine (C=N–C) groups is 1. The molecule has 0 aromatic heterocycles. The Morgan fingerprint density at radius 2 is 2.27 bits per heavy atom. The predicted octanol–water partition coefficient (Wildman–Crippen LogP) is 2.16. The second kappa shape index (κ2) is 3.93. The summed E-state index contributed by atoms with van der Waals surface area (Å²) < 4.78 is 5.10. The fourth-order valence-corrected chi connectivity index (χ4v) is 1.95. The topological polar surface area (TPSA) is 41.8 Å². The van der Waals surface area contributed by atoms with E-state index >= 15 is 0 Å². The molecule has 15 heavy (non-hydrogen) atoms. The zero-order valence-electron chi connectivity index (χ0n) is 9.08. The van der Waals surface area contributed by atoms with Gasteiger partial charge < -0.3 is 9.84 Å². The summed E-state index contributed by atoms with van der Waals surface area (Å²) in [6.45, 7) is 2.91. The van der Waals surface area contributed by atoms with Gasteiger partial charge in [-0.05, 0) is 30.5 Å². The summed E-state index contributed by atoms with van der Waals surface area (Å²) in [5.74, 6) is 0.741. The number of ether oxygens (including phenoxy) is 1. The van der Waals surface area contributed by atoms with Gasteiger partial charge in [-0.25, -0.2) is 0 Å². The monoisotopic (exact) mass is 205 g/mol. The Morgan fingerprint density at radius 1 is 1.47 bits per heavy atom. The lowest BCUT2D eigenvalue weighted by molar-refractivity contribution is 0.373. The molecule has 0 atom stereocenters. The lowest BCUT2D eigenvalue weighted by Gasteiger charge is -2.17. The van der Waals surface area contributed by atoms with Gasteiger partial charge in [0, 0.05) is 17.8 Å². The number of fused-ring (bicyclic) bond motifs is 1. The Bertz CT molecular complexity index is 410. The maximum atomic E-state index is 9.66. The van der Waals surface area contributed by atoms with Crippen LogP contribution in [0, 0.1) is 0 Å². The third kappa shape index (κ3) is 1.69. The molecule has 3 heteroatoms. The van der Waals surface area contributed by atoms with E-state index in [9.17, 15) is 5.11 Å². The zero-order chi connectivity index (χ0) is 10.8. The lowest BCUT2D eigenvalue weighted by atomic mass is 9.95. The van der Waals surface area contributed by atoms with Crippen molar-refractivity contribution in [3.8, 4) is 11.5 Å². The number of benzene rings is 1. The van der Waals surface area contributed by atoms with Crippen molar-refractivity contribution in [2.24, 2.45) is 4.99 Å². The molecule has 1 aromatic rings. The second-order valence-corrected chi connectivity index (χ2v) is 3.61. The van der Waals surface area contributed by atoms with Crippen molar-refractivity contribution in [2.45, 2.75) is 19.8 Å². The van der Waals surface area contributed by atoms with Crippen LogP contribution in [0.1, 0.15) is 24.5 Å². The van der Waals surface area contributed by atoms with Crippen LogP contribution in [0.5, 0.6) is 11.5 Å². The van der Waals surface area contributed by atoms with Gasteiger partial charge in [0.1, 0.15) is 0 Å². The fraction of sp³-hybridized carbons (Fsp3) is 0.417. The number of aromatic hydroxyl groups is 1. The smallest absolute Gasteiger partial charge is 0.161 e. The van der Waals surface area contributed by atoms with Gasteiger partial charge in [0.25, 0.3) is 0 Å². The van der Waals surface area contributed by atoms with E-state index in [4.69, 9.17) is 4.74 Å². The van der Waals surface area contributed by atoms with Crippen LogP contribution in [-0.4, -0.2) is 24.5 Å². The number of rotatable bonds is 2. The molecule has 1 aliphatic rings. The van der Waals surface area contributed by atoms with Crippen LogP contribution in [0.3, 0.4) is 0 Å².